The zero-order valence-corrected chi connectivity index (χ0v) is 23.5. The van der Waals surface area contributed by atoms with Gasteiger partial charge in [-0.2, -0.15) is 0 Å². The molecule has 1 aromatic heterocycles. The average Bonchev–Trinajstić information content (AvgIpc) is 3.43. The Bertz CT molecular complexity index is 1130. The van der Waals surface area contributed by atoms with Crippen LogP contribution in [0.4, 0.5) is 0 Å². The number of ether oxygens (including phenoxy) is 1. The lowest BCUT2D eigenvalue weighted by molar-refractivity contribution is -0.212. The van der Waals surface area contributed by atoms with Gasteiger partial charge in [-0.05, 0) is 117 Å². The second kappa shape index (κ2) is 9.34. The summed E-state index contributed by atoms with van der Waals surface area (Å²) in [7, 11) is 1.91. The van der Waals surface area contributed by atoms with Crippen LogP contribution in [0.5, 0.6) is 0 Å². The van der Waals surface area contributed by atoms with Crippen LogP contribution in [0.1, 0.15) is 83.6 Å². The molecule has 1 heterocycles. The largest absolute Gasteiger partial charge is 0.441 e. The molecule has 5 nitrogen and oxygen atoms in total. The first-order valence-electron chi connectivity index (χ1n) is 14.9. The van der Waals surface area contributed by atoms with Crippen molar-refractivity contribution in [2.24, 2.45) is 46.3 Å². The van der Waals surface area contributed by atoms with Crippen LogP contribution < -0.4 is 0 Å². The predicted octanol–water partition coefficient (Wildman–Crippen LogP) is 6.32. The van der Waals surface area contributed by atoms with Crippen molar-refractivity contribution in [3.63, 3.8) is 0 Å². The van der Waals surface area contributed by atoms with Gasteiger partial charge in [-0.3, -0.25) is 0 Å². The third-order valence-electron chi connectivity index (χ3n) is 12.2. The fraction of sp³-hybridized carbons (Fsp3) is 0.781. The molecule has 0 bridgehead atoms. The maximum atomic E-state index is 11.6. The molecule has 5 heteroatoms. The van der Waals surface area contributed by atoms with Crippen molar-refractivity contribution in [2.75, 3.05) is 7.11 Å². The molecule has 0 spiro atoms. The van der Waals surface area contributed by atoms with Gasteiger partial charge in [0.15, 0.2) is 11.5 Å². The van der Waals surface area contributed by atoms with E-state index in [0.29, 0.717) is 35.5 Å². The monoisotopic (exact) mass is 509 g/mol. The Balaban J connectivity index is 1.22. The molecule has 4 aliphatic rings. The molecule has 37 heavy (non-hydrogen) atoms. The number of rotatable bonds is 5. The average molecular weight is 510 g/mol. The van der Waals surface area contributed by atoms with Gasteiger partial charge in [0.05, 0.1) is 18.3 Å². The van der Waals surface area contributed by atoms with Gasteiger partial charge in [-0.25, -0.2) is 4.98 Å². The molecular weight excluding hydrogens is 462 g/mol. The number of fused-ring (bicyclic) bond motifs is 6. The van der Waals surface area contributed by atoms with Gasteiger partial charge in [-0.15, -0.1) is 0 Å². The summed E-state index contributed by atoms with van der Waals surface area (Å²) in [5.41, 5.74) is 3.32. The molecule has 2 aromatic rings. The number of nitrogens with zero attached hydrogens (tertiary/aromatic N) is 1. The van der Waals surface area contributed by atoms with Crippen LogP contribution in [-0.4, -0.2) is 40.6 Å². The summed E-state index contributed by atoms with van der Waals surface area (Å²) >= 11 is 0. The maximum absolute atomic E-state index is 11.6. The first kappa shape index (κ1) is 25.8. The second-order valence-electron chi connectivity index (χ2n) is 13.8. The second-order valence-corrected chi connectivity index (χ2v) is 13.8. The Labute approximate surface area is 222 Å². The Morgan fingerprint density at radius 1 is 1.11 bits per heavy atom. The van der Waals surface area contributed by atoms with Crippen molar-refractivity contribution < 1.29 is 19.4 Å². The molecule has 2 N–H and O–H groups in total. The minimum absolute atomic E-state index is 0.0755. The third-order valence-corrected chi connectivity index (χ3v) is 12.2. The van der Waals surface area contributed by atoms with E-state index in [9.17, 15) is 10.2 Å². The smallest absolute Gasteiger partial charge is 0.195 e. The lowest BCUT2D eigenvalue weighted by atomic mass is 9.43. The Hall–Kier alpha value is -1.43. The zero-order valence-electron chi connectivity index (χ0n) is 23.5. The van der Waals surface area contributed by atoms with Crippen molar-refractivity contribution in [3.05, 3.63) is 29.7 Å². The molecule has 1 unspecified atom stereocenters. The topological polar surface area (TPSA) is 75.7 Å². The number of benzene rings is 1. The van der Waals surface area contributed by atoms with Gasteiger partial charge in [-0.1, -0.05) is 26.8 Å². The Morgan fingerprint density at radius 3 is 2.70 bits per heavy atom. The highest BCUT2D eigenvalue weighted by Crippen LogP contribution is 2.68. The van der Waals surface area contributed by atoms with Crippen LogP contribution in [0.15, 0.2) is 22.6 Å². The summed E-state index contributed by atoms with van der Waals surface area (Å²) in [5.74, 6) is 3.71. The molecule has 204 valence electrons. The van der Waals surface area contributed by atoms with Crippen molar-refractivity contribution in [1.82, 2.24) is 4.98 Å². The molecule has 4 fully saturated rings. The van der Waals surface area contributed by atoms with E-state index in [-0.39, 0.29) is 29.1 Å². The van der Waals surface area contributed by atoms with Gasteiger partial charge >= 0.3 is 0 Å². The molecule has 0 amide bonds. The molecule has 1 aromatic carbocycles. The standard InChI is InChI=1S/C32H47NO4/c1-18-6-10-25-27(14-18)37-29(33-25)11-7-19(2)22-8-9-23-30-24(17-28(36-5)32(22,23)4)31(3)13-12-21(34)15-20(31)16-26(30)35/h6,10,14,19-24,26,28,30,34-35H,7-9,11-13,15-17H2,1-5H3/t19?,20-,21+,22+,23-,24-,26+,28-,30-,31-,32+/m0/s1. The van der Waals surface area contributed by atoms with Crippen LogP contribution in [-0.2, 0) is 11.2 Å². The predicted molar refractivity (Wildman–Crippen MR) is 145 cm³/mol. The van der Waals surface area contributed by atoms with E-state index < -0.39 is 0 Å². The number of aromatic nitrogens is 1. The Kier molecular flexibility index (Phi) is 6.52. The number of oxazole rings is 1. The number of aryl methyl sites for hydroxylation is 2. The van der Waals surface area contributed by atoms with Gasteiger partial charge < -0.3 is 19.4 Å². The van der Waals surface area contributed by atoms with E-state index in [1.165, 1.54) is 18.4 Å². The highest BCUT2D eigenvalue weighted by atomic mass is 16.5. The number of methoxy groups -OCH3 is 1. The normalized spacial score (nSPS) is 44.3. The van der Waals surface area contributed by atoms with Crippen molar-refractivity contribution in [3.8, 4) is 0 Å². The van der Waals surface area contributed by atoms with Gasteiger partial charge in [0.1, 0.15) is 5.52 Å². The first-order chi connectivity index (χ1) is 17.6. The highest BCUT2D eigenvalue weighted by Gasteiger charge is 2.66. The summed E-state index contributed by atoms with van der Waals surface area (Å²) in [6.07, 6.45) is 8.82. The van der Waals surface area contributed by atoms with E-state index >= 15 is 0 Å². The Morgan fingerprint density at radius 2 is 1.92 bits per heavy atom. The number of aliphatic hydroxyl groups is 2. The number of hydrogen-bond acceptors (Lipinski definition) is 5. The minimum atomic E-state index is -0.257. The summed E-state index contributed by atoms with van der Waals surface area (Å²) < 4.78 is 12.5. The first-order valence-corrected chi connectivity index (χ1v) is 14.9. The SMILES string of the molecule is CO[C@H]1C[C@H]2[C@@H]([C@H](O)C[C@@H]3C[C@H](O)CC[C@@]32C)[C@@H]2CC[C@H](C(C)CCc3nc4ccc(C)cc4o3)[C@@]12C. The van der Waals surface area contributed by atoms with Gasteiger partial charge in [0.25, 0.3) is 0 Å². The van der Waals surface area contributed by atoms with Crippen LogP contribution in [0.2, 0.25) is 0 Å². The lowest BCUT2D eigenvalue weighted by Gasteiger charge is -2.64. The molecule has 11 atom stereocenters. The molecule has 0 radical (unpaired) electrons. The minimum Gasteiger partial charge on any atom is -0.441 e. The summed E-state index contributed by atoms with van der Waals surface area (Å²) in [6, 6.07) is 6.22. The number of aliphatic hydroxyl groups excluding tert-OH is 2. The summed E-state index contributed by atoms with van der Waals surface area (Å²) in [4.78, 5) is 4.76. The van der Waals surface area contributed by atoms with E-state index in [1.807, 2.05) is 7.11 Å². The summed E-state index contributed by atoms with van der Waals surface area (Å²) in [5, 5.41) is 22.0. The summed E-state index contributed by atoms with van der Waals surface area (Å²) in [6.45, 7) is 9.47. The van der Waals surface area contributed by atoms with Gasteiger partial charge in [0.2, 0.25) is 0 Å². The van der Waals surface area contributed by atoms with E-state index in [1.54, 1.807) is 0 Å². The van der Waals surface area contributed by atoms with Crippen LogP contribution in [0.3, 0.4) is 0 Å². The van der Waals surface area contributed by atoms with Crippen molar-refractivity contribution >= 4 is 11.1 Å². The molecule has 4 saturated carbocycles. The van der Waals surface area contributed by atoms with E-state index in [0.717, 1.165) is 61.9 Å². The van der Waals surface area contributed by atoms with Crippen molar-refractivity contribution in [1.29, 1.82) is 0 Å². The van der Waals surface area contributed by atoms with Crippen LogP contribution in [0, 0.1) is 53.3 Å². The third kappa shape index (κ3) is 4.02. The van der Waals surface area contributed by atoms with Crippen LogP contribution in [0.25, 0.3) is 11.1 Å². The highest BCUT2D eigenvalue weighted by molar-refractivity contribution is 5.73. The molecule has 4 aliphatic carbocycles. The van der Waals surface area contributed by atoms with Gasteiger partial charge in [0, 0.05) is 18.9 Å². The molecular formula is C32H47NO4. The van der Waals surface area contributed by atoms with Crippen molar-refractivity contribution in [2.45, 2.75) is 104 Å². The van der Waals surface area contributed by atoms with Crippen LogP contribution >= 0.6 is 0 Å². The molecule has 0 saturated heterocycles. The zero-order chi connectivity index (χ0) is 26.1. The number of hydrogen-bond donors (Lipinski definition) is 2. The van der Waals surface area contributed by atoms with E-state index in [4.69, 9.17) is 14.1 Å². The fourth-order valence-electron chi connectivity index (χ4n) is 10.2. The maximum Gasteiger partial charge on any atom is 0.195 e. The lowest BCUT2D eigenvalue weighted by Crippen LogP contribution is -2.62. The molecule has 6 rings (SSSR count). The fourth-order valence-corrected chi connectivity index (χ4v) is 10.2. The molecule has 0 aliphatic heterocycles. The quantitative estimate of drug-likeness (QED) is 0.493. The van der Waals surface area contributed by atoms with E-state index in [2.05, 4.69) is 45.9 Å².